The van der Waals surface area contributed by atoms with Crippen LogP contribution in [0.2, 0.25) is 5.02 Å². The Kier molecular flexibility index (Phi) is 5.81. The summed E-state index contributed by atoms with van der Waals surface area (Å²) in [6, 6.07) is 15.2. The summed E-state index contributed by atoms with van der Waals surface area (Å²) in [4.78, 5) is 12.0. The molecule has 2 aromatic carbocycles. The number of carbonyl (C=O) groups excluding carboxylic acids is 1. The largest absolute Gasteiger partial charge is 0.495 e. The Morgan fingerprint density at radius 1 is 1.23 bits per heavy atom. The second-order valence-electron chi connectivity index (χ2n) is 4.91. The van der Waals surface area contributed by atoms with Gasteiger partial charge in [0.2, 0.25) is 5.91 Å². The van der Waals surface area contributed by atoms with Gasteiger partial charge in [0.1, 0.15) is 5.75 Å². The van der Waals surface area contributed by atoms with E-state index in [0.29, 0.717) is 16.5 Å². The van der Waals surface area contributed by atoms with Gasteiger partial charge >= 0.3 is 0 Å². The first-order valence-electron chi connectivity index (χ1n) is 7.02. The van der Waals surface area contributed by atoms with Crippen LogP contribution >= 0.6 is 11.6 Å². The number of anilines is 1. The molecular formula is C17H19ClN2O2. The molecule has 0 radical (unpaired) electrons. The van der Waals surface area contributed by atoms with Gasteiger partial charge in [-0.15, -0.1) is 0 Å². The third-order valence-corrected chi connectivity index (χ3v) is 3.60. The minimum atomic E-state index is -0.121. The molecule has 0 fully saturated rings. The maximum atomic E-state index is 12.0. The number of halogens is 1. The van der Waals surface area contributed by atoms with Gasteiger partial charge in [0, 0.05) is 11.7 Å². The van der Waals surface area contributed by atoms with Gasteiger partial charge in [-0.25, -0.2) is 0 Å². The Labute approximate surface area is 135 Å². The van der Waals surface area contributed by atoms with E-state index in [4.69, 9.17) is 16.3 Å². The van der Waals surface area contributed by atoms with E-state index < -0.39 is 0 Å². The van der Waals surface area contributed by atoms with Crippen molar-refractivity contribution >= 4 is 23.2 Å². The maximum Gasteiger partial charge on any atom is 0.238 e. The van der Waals surface area contributed by atoms with Crippen molar-refractivity contribution in [1.82, 2.24) is 5.32 Å². The molecule has 5 heteroatoms. The zero-order chi connectivity index (χ0) is 15.9. The first kappa shape index (κ1) is 16.3. The second kappa shape index (κ2) is 7.82. The van der Waals surface area contributed by atoms with Gasteiger partial charge in [-0.2, -0.15) is 0 Å². The Bertz CT molecular complexity index is 632. The fourth-order valence-electron chi connectivity index (χ4n) is 2.05. The van der Waals surface area contributed by atoms with E-state index in [2.05, 4.69) is 10.6 Å². The molecule has 2 aromatic rings. The zero-order valence-electron chi connectivity index (χ0n) is 12.6. The number of hydrogen-bond donors (Lipinski definition) is 2. The van der Waals surface area contributed by atoms with Crippen molar-refractivity contribution in [3.63, 3.8) is 0 Å². The van der Waals surface area contributed by atoms with Crippen molar-refractivity contribution < 1.29 is 9.53 Å². The molecule has 0 aliphatic rings. The highest BCUT2D eigenvalue weighted by Gasteiger charge is 2.08. The third kappa shape index (κ3) is 4.48. The highest BCUT2D eigenvalue weighted by Crippen LogP contribution is 2.27. The normalized spacial score (nSPS) is 11.8. The summed E-state index contributed by atoms with van der Waals surface area (Å²) in [7, 11) is 1.55. The van der Waals surface area contributed by atoms with Crippen LogP contribution in [0.4, 0.5) is 5.69 Å². The van der Waals surface area contributed by atoms with Crippen LogP contribution in [-0.4, -0.2) is 19.6 Å². The summed E-state index contributed by atoms with van der Waals surface area (Å²) in [5.41, 5.74) is 1.78. The fourth-order valence-corrected chi connectivity index (χ4v) is 2.31. The van der Waals surface area contributed by atoms with Crippen LogP contribution in [0.25, 0.3) is 0 Å². The van der Waals surface area contributed by atoms with Gasteiger partial charge in [-0.1, -0.05) is 41.9 Å². The molecule has 0 heterocycles. The average Bonchev–Trinajstić information content (AvgIpc) is 2.53. The summed E-state index contributed by atoms with van der Waals surface area (Å²) < 4.78 is 5.08. The Morgan fingerprint density at radius 3 is 2.59 bits per heavy atom. The zero-order valence-corrected chi connectivity index (χ0v) is 13.4. The van der Waals surface area contributed by atoms with Gasteiger partial charge < -0.3 is 15.4 Å². The quantitative estimate of drug-likeness (QED) is 0.855. The van der Waals surface area contributed by atoms with Gasteiger partial charge in [0.15, 0.2) is 0 Å². The molecule has 22 heavy (non-hydrogen) atoms. The van der Waals surface area contributed by atoms with Crippen LogP contribution in [-0.2, 0) is 4.79 Å². The predicted octanol–water partition coefficient (Wildman–Crippen LogP) is 3.64. The first-order chi connectivity index (χ1) is 10.6. The summed E-state index contributed by atoms with van der Waals surface area (Å²) in [5, 5.41) is 6.45. The summed E-state index contributed by atoms with van der Waals surface area (Å²) >= 11 is 6.03. The molecule has 0 bridgehead atoms. The predicted molar refractivity (Wildman–Crippen MR) is 89.5 cm³/mol. The highest BCUT2D eigenvalue weighted by atomic mass is 35.5. The number of rotatable bonds is 6. The minimum Gasteiger partial charge on any atom is -0.495 e. The van der Waals surface area contributed by atoms with Crippen molar-refractivity contribution in [3.05, 3.63) is 59.1 Å². The molecular weight excluding hydrogens is 300 g/mol. The monoisotopic (exact) mass is 318 g/mol. The average molecular weight is 319 g/mol. The van der Waals surface area contributed by atoms with Crippen molar-refractivity contribution in [3.8, 4) is 5.75 Å². The third-order valence-electron chi connectivity index (χ3n) is 3.30. The van der Waals surface area contributed by atoms with Crippen LogP contribution in [0.3, 0.4) is 0 Å². The van der Waals surface area contributed by atoms with Gasteiger partial charge in [-0.05, 0) is 30.7 Å². The number of hydrogen-bond acceptors (Lipinski definition) is 3. The fraction of sp³-hybridized carbons (Fsp3) is 0.235. The van der Waals surface area contributed by atoms with Crippen molar-refractivity contribution in [2.24, 2.45) is 0 Å². The van der Waals surface area contributed by atoms with Crippen LogP contribution in [0.1, 0.15) is 18.5 Å². The molecule has 1 amide bonds. The molecule has 2 rings (SSSR count). The van der Waals surface area contributed by atoms with Crippen molar-refractivity contribution in [2.75, 3.05) is 19.0 Å². The molecule has 0 aliphatic heterocycles. The SMILES string of the molecule is COc1ccc(NC(=O)CN[C@@H](C)c2ccccc2)cc1Cl. The first-order valence-corrected chi connectivity index (χ1v) is 7.39. The highest BCUT2D eigenvalue weighted by molar-refractivity contribution is 6.32. The molecule has 0 spiro atoms. The second-order valence-corrected chi connectivity index (χ2v) is 5.32. The lowest BCUT2D eigenvalue weighted by Gasteiger charge is -2.14. The van der Waals surface area contributed by atoms with Crippen LogP contribution in [0, 0.1) is 0 Å². The lowest BCUT2D eigenvalue weighted by molar-refractivity contribution is -0.115. The van der Waals surface area contributed by atoms with E-state index in [1.807, 2.05) is 37.3 Å². The smallest absolute Gasteiger partial charge is 0.238 e. The van der Waals surface area contributed by atoms with Crippen LogP contribution < -0.4 is 15.4 Å². The van der Waals surface area contributed by atoms with E-state index in [9.17, 15) is 4.79 Å². The van der Waals surface area contributed by atoms with Crippen molar-refractivity contribution in [1.29, 1.82) is 0 Å². The summed E-state index contributed by atoms with van der Waals surface area (Å²) in [5.74, 6) is 0.458. The number of methoxy groups -OCH3 is 1. The number of carbonyl (C=O) groups is 1. The van der Waals surface area contributed by atoms with Gasteiger partial charge in [0.05, 0.1) is 18.7 Å². The van der Waals surface area contributed by atoms with E-state index in [-0.39, 0.29) is 18.5 Å². The molecule has 0 aliphatic carbocycles. The maximum absolute atomic E-state index is 12.0. The Morgan fingerprint density at radius 2 is 1.95 bits per heavy atom. The van der Waals surface area contributed by atoms with E-state index >= 15 is 0 Å². The Balaban J connectivity index is 1.87. The van der Waals surface area contributed by atoms with Gasteiger partial charge in [0.25, 0.3) is 0 Å². The molecule has 0 saturated heterocycles. The lowest BCUT2D eigenvalue weighted by Crippen LogP contribution is -2.30. The molecule has 1 atom stereocenters. The topological polar surface area (TPSA) is 50.4 Å². The molecule has 4 nitrogen and oxygen atoms in total. The van der Waals surface area contributed by atoms with Crippen LogP contribution in [0.5, 0.6) is 5.75 Å². The van der Waals surface area contributed by atoms with Gasteiger partial charge in [-0.3, -0.25) is 4.79 Å². The molecule has 0 aromatic heterocycles. The number of amides is 1. The molecule has 0 saturated carbocycles. The summed E-state index contributed by atoms with van der Waals surface area (Å²) in [6.07, 6.45) is 0. The molecule has 0 unspecified atom stereocenters. The van der Waals surface area contributed by atoms with E-state index in [1.165, 1.54) is 0 Å². The molecule has 2 N–H and O–H groups in total. The lowest BCUT2D eigenvalue weighted by atomic mass is 10.1. The van der Waals surface area contributed by atoms with E-state index in [1.54, 1.807) is 25.3 Å². The minimum absolute atomic E-state index is 0.103. The Hall–Kier alpha value is -2.04. The number of ether oxygens (including phenoxy) is 1. The standard InChI is InChI=1S/C17H19ClN2O2/c1-12(13-6-4-3-5-7-13)19-11-17(21)20-14-8-9-16(22-2)15(18)10-14/h3-10,12,19H,11H2,1-2H3,(H,20,21)/t12-/m0/s1. The van der Waals surface area contributed by atoms with Crippen LogP contribution in [0.15, 0.2) is 48.5 Å². The van der Waals surface area contributed by atoms with E-state index in [0.717, 1.165) is 5.56 Å². The number of nitrogens with one attached hydrogen (secondary N) is 2. The number of benzene rings is 2. The van der Waals surface area contributed by atoms with Crippen molar-refractivity contribution in [2.45, 2.75) is 13.0 Å². The summed E-state index contributed by atoms with van der Waals surface area (Å²) in [6.45, 7) is 2.24. The molecule has 116 valence electrons.